The maximum atomic E-state index is 13.3. The minimum atomic E-state index is -4.56. The summed E-state index contributed by atoms with van der Waals surface area (Å²) in [5, 5.41) is 0. The molecule has 2 N–H and O–H groups in total. The average molecular weight is 598 g/mol. The summed E-state index contributed by atoms with van der Waals surface area (Å²) < 4.78 is 81.7. The fourth-order valence-electron chi connectivity index (χ4n) is 5.04. The Balaban J connectivity index is 1.67. The van der Waals surface area contributed by atoms with Gasteiger partial charge in [0.05, 0.1) is 19.2 Å². The number of alkyl halides is 3. The van der Waals surface area contributed by atoms with Gasteiger partial charge in [0.25, 0.3) is 0 Å². The third-order valence-electron chi connectivity index (χ3n) is 7.00. The Bertz CT molecular complexity index is 1430. The second-order valence-corrected chi connectivity index (χ2v) is 11.4. The molecule has 4 rings (SSSR count). The predicted octanol–water partition coefficient (Wildman–Crippen LogP) is 3.72. The summed E-state index contributed by atoms with van der Waals surface area (Å²) in [5.41, 5.74) is 4.86. The SMILES string of the molecule is COC1=C(O[C@H]2CC[C@H](c3cccc(C(F)(F)F)c3)C[C@@H]2N(C)C)N(c2ccncn2)CC(S(=O)(=O)OC(N)=O)=C1. The Hall–Kier alpha value is -3.85. The van der Waals surface area contributed by atoms with E-state index < -0.39 is 34.1 Å². The summed E-state index contributed by atoms with van der Waals surface area (Å²) in [5.74, 6) is 0.341. The van der Waals surface area contributed by atoms with E-state index in [4.69, 9.17) is 15.2 Å². The molecule has 2 aromatic rings. The molecule has 1 aromatic carbocycles. The number of likely N-dealkylation sites (N-methyl/N-ethyl adjacent to an activating group) is 1. The molecule has 0 unspecified atom stereocenters. The number of aromatic nitrogens is 2. The standard InChI is InChI=1S/C26H30F3N5O6S/c1-33(2)20-12-17(16-5-4-6-18(11-16)26(27,28)29)7-8-21(20)39-24-22(38-3)13-19(41(36,37)40-25(30)35)14-34(24)23-9-10-31-15-32-23/h4-6,9-11,13,15,17,20-21H,7-8,12,14H2,1-3H3,(H2,30,35)/t17-,20-,21-/m0/s1. The van der Waals surface area contributed by atoms with Gasteiger partial charge in [0.15, 0.2) is 5.76 Å². The van der Waals surface area contributed by atoms with Crippen LogP contribution < -0.4 is 10.6 Å². The number of hydrogen-bond acceptors (Lipinski definition) is 10. The van der Waals surface area contributed by atoms with Gasteiger partial charge < -0.3 is 24.3 Å². The molecule has 2 aliphatic rings. The van der Waals surface area contributed by atoms with E-state index in [2.05, 4.69) is 14.2 Å². The van der Waals surface area contributed by atoms with Gasteiger partial charge in [-0.2, -0.15) is 21.6 Å². The van der Waals surface area contributed by atoms with Crippen molar-refractivity contribution >= 4 is 22.0 Å². The highest BCUT2D eigenvalue weighted by Gasteiger charge is 2.39. The molecule has 1 aliphatic heterocycles. The molecular weight excluding hydrogens is 567 g/mol. The number of benzene rings is 1. The van der Waals surface area contributed by atoms with Gasteiger partial charge in [0.1, 0.15) is 23.2 Å². The molecule has 15 heteroatoms. The maximum Gasteiger partial charge on any atom is 0.420 e. The molecule has 2 heterocycles. The molecular formula is C26H30F3N5O6S. The zero-order valence-corrected chi connectivity index (χ0v) is 23.4. The number of amides is 1. The van der Waals surface area contributed by atoms with Gasteiger partial charge in [-0.1, -0.05) is 18.2 Å². The number of hydrogen-bond donors (Lipinski definition) is 1. The van der Waals surface area contributed by atoms with E-state index in [0.29, 0.717) is 24.8 Å². The number of nitrogens with two attached hydrogens (primary N) is 1. The summed E-state index contributed by atoms with van der Waals surface area (Å²) in [6, 6.07) is 6.70. The predicted molar refractivity (Wildman–Crippen MR) is 141 cm³/mol. The van der Waals surface area contributed by atoms with Crippen molar-refractivity contribution in [2.24, 2.45) is 5.73 Å². The van der Waals surface area contributed by atoms with Crippen LogP contribution in [0.1, 0.15) is 36.3 Å². The van der Waals surface area contributed by atoms with Crippen molar-refractivity contribution in [1.29, 1.82) is 0 Å². The number of rotatable bonds is 8. The highest BCUT2D eigenvalue weighted by molar-refractivity contribution is 7.91. The van der Waals surface area contributed by atoms with Crippen LogP contribution in [0.15, 0.2) is 65.5 Å². The van der Waals surface area contributed by atoms with E-state index in [0.717, 1.165) is 6.07 Å². The van der Waals surface area contributed by atoms with Crippen LogP contribution in [0, 0.1) is 0 Å². The van der Waals surface area contributed by atoms with Crippen LogP contribution in [0.2, 0.25) is 0 Å². The van der Waals surface area contributed by atoms with Crippen LogP contribution in [0.25, 0.3) is 0 Å². The van der Waals surface area contributed by atoms with E-state index >= 15 is 0 Å². The van der Waals surface area contributed by atoms with Crippen LogP contribution in [-0.2, 0) is 30.0 Å². The number of nitrogens with zero attached hydrogens (tertiary/aromatic N) is 4. The molecule has 222 valence electrons. The third-order valence-corrected chi connectivity index (χ3v) is 8.28. The summed E-state index contributed by atoms with van der Waals surface area (Å²) in [6.07, 6.45) is -0.887. The number of anilines is 1. The summed E-state index contributed by atoms with van der Waals surface area (Å²) in [4.78, 5) is 22.4. The number of carbonyl (C=O) groups is 1. The minimum Gasteiger partial charge on any atom is -0.491 e. The first-order valence-corrected chi connectivity index (χ1v) is 14.0. The largest absolute Gasteiger partial charge is 0.491 e. The second kappa shape index (κ2) is 11.9. The van der Waals surface area contributed by atoms with Crippen molar-refractivity contribution < 1.29 is 40.0 Å². The molecule has 11 nitrogen and oxygen atoms in total. The molecule has 1 aromatic heterocycles. The van der Waals surface area contributed by atoms with Crippen LogP contribution in [0.3, 0.4) is 0 Å². The van der Waals surface area contributed by atoms with Gasteiger partial charge in [0.2, 0.25) is 5.88 Å². The van der Waals surface area contributed by atoms with Crippen molar-refractivity contribution in [3.63, 3.8) is 0 Å². The van der Waals surface area contributed by atoms with Crippen LogP contribution >= 0.6 is 0 Å². The van der Waals surface area contributed by atoms with Crippen molar-refractivity contribution in [3.05, 3.63) is 76.6 Å². The minimum absolute atomic E-state index is 0.0269. The van der Waals surface area contributed by atoms with E-state index in [-0.39, 0.29) is 40.9 Å². The lowest BCUT2D eigenvalue weighted by Gasteiger charge is -2.42. The van der Waals surface area contributed by atoms with Gasteiger partial charge in [-0.05, 0) is 57.0 Å². The molecule has 0 spiro atoms. The molecule has 3 atom stereocenters. The highest BCUT2D eigenvalue weighted by atomic mass is 32.2. The lowest BCUT2D eigenvalue weighted by Crippen LogP contribution is -2.46. The zero-order valence-electron chi connectivity index (χ0n) is 22.5. The fraction of sp³-hybridized carbons (Fsp3) is 0.423. The molecule has 1 saturated carbocycles. The first-order valence-electron chi connectivity index (χ1n) is 12.6. The van der Waals surface area contributed by atoms with Crippen LogP contribution in [-0.4, -0.2) is 69.3 Å². The molecule has 41 heavy (non-hydrogen) atoms. The van der Waals surface area contributed by atoms with Gasteiger partial charge in [0, 0.05) is 18.3 Å². The fourth-order valence-corrected chi connectivity index (χ4v) is 5.90. The number of halogens is 3. The molecule has 1 fully saturated rings. The summed E-state index contributed by atoms with van der Waals surface area (Å²) >= 11 is 0. The average Bonchev–Trinajstić information content (AvgIpc) is 2.92. The Morgan fingerprint density at radius 3 is 2.56 bits per heavy atom. The quantitative estimate of drug-likeness (QED) is 0.448. The van der Waals surface area contributed by atoms with Crippen molar-refractivity contribution in [2.75, 3.05) is 32.6 Å². The van der Waals surface area contributed by atoms with Gasteiger partial charge >= 0.3 is 22.4 Å². The lowest BCUT2D eigenvalue weighted by atomic mass is 9.79. The Labute approximate surface area is 235 Å². The number of allylic oxidation sites excluding steroid dienone is 1. The maximum absolute atomic E-state index is 13.3. The zero-order chi connectivity index (χ0) is 29.9. The molecule has 1 amide bonds. The van der Waals surface area contributed by atoms with Gasteiger partial charge in [-0.3, -0.25) is 4.90 Å². The van der Waals surface area contributed by atoms with E-state index in [9.17, 15) is 26.4 Å². The molecule has 0 bridgehead atoms. The molecule has 1 aliphatic carbocycles. The summed E-state index contributed by atoms with van der Waals surface area (Å²) in [7, 11) is 0.484. The topological polar surface area (TPSA) is 137 Å². The lowest BCUT2D eigenvalue weighted by molar-refractivity contribution is -0.137. The first-order chi connectivity index (χ1) is 19.3. The molecule has 0 radical (unpaired) electrons. The van der Waals surface area contributed by atoms with Crippen molar-refractivity contribution in [2.45, 2.75) is 43.5 Å². The number of carbonyl (C=O) groups excluding carboxylic acids is 1. The third kappa shape index (κ3) is 6.90. The van der Waals surface area contributed by atoms with Crippen LogP contribution in [0.4, 0.5) is 23.8 Å². The van der Waals surface area contributed by atoms with Crippen molar-refractivity contribution in [1.82, 2.24) is 14.9 Å². The summed E-state index contributed by atoms with van der Waals surface area (Å²) in [6.45, 7) is -0.318. The number of primary amides is 1. The monoisotopic (exact) mass is 597 g/mol. The Kier molecular flexibility index (Phi) is 8.77. The first kappa shape index (κ1) is 30.1. The van der Waals surface area contributed by atoms with Crippen molar-refractivity contribution in [3.8, 4) is 0 Å². The van der Waals surface area contributed by atoms with Gasteiger partial charge in [-0.25, -0.2) is 14.8 Å². The van der Waals surface area contributed by atoms with E-state index in [1.54, 1.807) is 6.07 Å². The normalized spacial score (nSPS) is 21.9. The van der Waals surface area contributed by atoms with Gasteiger partial charge in [-0.15, -0.1) is 0 Å². The van der Waals surface area contributed by atoms with Crippen LogP contribution in [0.5, 0.6) is 0 Å². The van der Waals surface area contributed by atoms with E-state index in [1.165, 1.54) is 48.8 Å². The number of methoxy groups -OCH3 is 1. The highest BCUT2D eigenvalue weighted by Crippen LogP contribution is 2.40. The smallest absolute Gasteiger partial charge is 0.420 e. The van der Waals surface area contributed by atoms with E-state index in [1.807, 2.05) is 19.0 Å². The Morgan fingerprint density at radius 2 is 1.95 bits per heavy atom. The number of ether oxygens (including phenoxy) is 2. The Morgan fingerprint density at radius 1 is 1.20 bits per heavy atom. The molecule has 0 saturated heterocycles. The second-order valence-electron chi connectivity index (χ2n) is 9.81.